The lowest BCUT2D eigenvalue weighted by atomic mass is 10.1. The molecule has 0 N–H and O–H groups in total. The summed E-state index contributed by atoms with van der Waals surface area (Å²) < 4.78 is 0. The summed E-state index contributed by atoms with van der Waals surface area (Å²) in [4.78, 5) is 18.3. The van der Waals surface area contributed by atoms with Crippen LogP contribution in [-0.4, -0.2) is 23.3 Å². The van der Waals surface area contributed by atoms with Gasteiger partial charge in [0.2, 0.25) is 0 Å². The summed E-state index contributed by atoms with van der Waals surface area (Å²) in [5.74, 6) is 0.728. The minimum absolute atomic E-state index is 0.435. The van der Waals surface area contributed by atoms with Crippen LogP contribution in [0, 0.1) is 0 Å². The maximum atomic E-state index is 11.6. The summed E-state index contributed by atoms with van der Waals surface area (Å²) in [7, 11) is 0. The highest BCUT2D eigenvalue weighted by Gasteiger charge is 2.20. The molecule has 0 unspecified atom stereocenters. The Balaban J connectivity index is 2.20. The molecule has 0 saturated carbocycles. The van der Waals surface area contributed by atoms with E-state index in [0.29, 0.717) is 5.56 Å². The molecule has 18 heavy (non-hydrogen) atoms. The van der Waals surface area contributed by atoms with Gasteiger partial charge >= 0.3 is 0 Å². The van der Waals surface area contributed by atoms with Crippen LogP contribution < -0.4 is 4.90 Å². The second-order valence-corrected chi connectivity index (χ2v) is 4.86. The maximum Gasteiger partial charge on any atom is 0.256 e. The molecular weight excluding hydrogens is 248 g/mol. The fraction of sp³-hybridized carbons (Fsp3) is 0.286. The van der Waals surface area contributed by atoms with Gasteiger partial charge in [0.1, 0.15) is 5.82 Å². The van der Waals surface area contributed by atoms with Crippen molar-refractivity contribution in [1.82, 2.24) is 4.98 Å². The molecule has 1 fully saturated rings. The lowest BCUT2D eigenvalue weighted by Gasteiger charge is -2.19. The Morgan fingerprint density at radius 2 is 1.94 bits per heavy atom. The highest BCUT2D eigenvalue weighted by molar-refractivity contribution is 6.68. The predicted molar refractivity (Wildman–Crippen MR) is 73.4 cm³/mol. The normalized spacial score (nSPS) is 15.3. The van der Waals surface area contributed by atoms with E-state index < -0.39 is 5.24 Å². The van der Waals surface area contributed by atoms with Crippen LogP contribution in [0.15, 0.2) is 30.3 Å². The van der Waals surface area contributed by atoms with E-state index >= 15 is 0 Å². The molecule has 92 valence electrons. The number of hydrogen-bond acceptors (Lipinski definition) is 3. The number of para-hydroxylation sites is 1. The van der Waals surface area contributed by atoms with Crippen molar-refractivity contribution in [1.29, 1.82) is 0 Å². The standard InChI is InChI=1S/C14H13ClN2O/c15-13(18)11-9-10-5-1-2-6-12(10)16-14(11)17-7-3-4-8-17/h1-2,5-6,9H,3-4,7-8H2. The molecule has 1 aliphatic rings. The zero-order valence-corrected chi connectivity index (χ0v) is 10.7. The SMILES string of the molecule is O=C(Cl)c1cc2ccccc2nc1N1CCCC1. The second kappa shape index (κ2) is 4.58. The van der Waals surface area contributed by atoms with Crippen LogP contribution >= 0.6 is 11.6 Å². The molecule has 0 bridgehead atoms. The van der Waals surface area contributed by atoms with Gasteiger partial charge in [-0.05, 0) is 36.6 Å². The topological polar surface area (TPSA) is 33.2 Å². The summed E-state index contributed by atoms with van der Waals surface area (Å²) in [5, 5.41) is 0.514. The Kier molecular flexibility index (Phi) is 2.92. The summed E-state index contributed by atoms with van der Waals surface area (Å²) >= 11 is 5.68. The van der Waals surface area contributed by atoms with Crippen LogP contribution in [0.2, 0.25) is 0 Å². The number of carbonyl (C=O) groups is 1. The van der Waals surface area contributed by atoms with Crippen LogP contribution in [0.25, 0.3) is 10.9 Å². The van der Waals surface area contributed by atoms with Gasteiger partial charge in [-0.2, -0.15) is 0 Å². The zero-order valence-electron chi connectivity index (χ0n) is 9.90. The average Bonchev–Trinajstić information content (AvgIpc) is 2.91. The molecule has 1 aromatic heterocycles. The van der Waals surface area contributed by atoms with Gasteiger partial charge in [0.15, 0.2) is 0 Å². The van der Waals surface area contributed by atoms with Crippen LogP contribution in [0.5, 0.6) is 0 Å². The molecule has 0 atom stereocenters. The quantitative estimate of drug-likeness (QED) is 0.778. The van der Waals surface area contributed by atoms with Crippen molar-refractivity contribution < 1.29 is 4.79 Å². The van der Waals surface area contributed by atoms with Crippen molar-refractivity contribution in [3.63, 3.8) is 0 Å². The van der Waals surface area contributed by atoms with Crippen LogP contribution in [0.4, 0.5) is 5.82 Å². The molecule has 3 nitrogen and oxygen atoms in total. The van der Waals surface area contributed by atoms with Gasteiger partial charge in [0.05, 0.1) is 11.1 Å². The lowest BCUT2D eigenvalue weighted by molar-refractivity contribution is 0.108. The first kappa shape index (κ1) is 11.5. The first-order valence-electron chi connectivity index (χ1n) is 6.10. The Morgan fingerprint density at radius 1 is 1.22 bits per heavy atom. The van der Waals surface area contributed by atoms with E-state index in [0.717, 1.165) is 42.7 Å². The third kappa shape index (κ3) is 1.95. The van der Waals surface area contributed by atoms with Gasteiger partial charge in [-0.25, -0.2) is 4.98 Å². The van der Waals surface area contributed by atoms with Crippen LogP contribution in [0.3, 0.4) is 0 Å². The van der Waals surface area contributed by atoms with Crippen molar-refractivity contribution >= 4 is 33.6 Å². The van der Waals surface area contributed by atoms with E-state index in [1.807, 2.05) is 30.3 Å². The number of pyridine rings is 1. The zero-order chi connectivity index (χ0) is 12.5. The van der Waals surface area contributed by atoms with E-state index in [1.54, 1.807) is 0 Å². The molecular formula is C14H13ClN2O. The first-order valence-corrected chi connectivity index (χ1v) is 6.48. The van der Waals surface area contributed by atoms with E-state index in [4.69, 9.17) is 11.6 Å². The van der Waals surface area contributed by atoms with Crippen molar-refractivity contribution in [2.24, 2.45) is 0 Å². The number of anilines is 1. The van der Waals surface area contributed by atoms with Crippen molar-refractivity contribution in [3.05, 3.63) is 35.9 Å². The largest absolute Gasteiger partial charge is 0.356 e. The third-order valence-electron chi connectivity index (χ3n) is 3.32. The fourth-order valence-corrected chi connectivity index (χ4v) is 2.56. The van der Waals surface area contributed by atoms with Crippen molar-refractivity contribution in [2.45, 2.75) is 12.8 Å². The maximum absolute atomic E-state index is 11.6. The highest BCUT2D eigenvalue weighted by atomic mass is 35.5. The Hall–Kier alpha value is -1.61. The predicted octanol–water partition coefficient (Wildman–Crippen LogP) is 3.21. The van der Waals surface area contributed by atoms with Crippen molar-refractivity contribution in [2.75, 3.05) is 18.0 Å². The minimum Gasteiger partial charge on any atom is -0.356 e. The first-order chi connectivity index (χ1) is 8.75. The molecule has 2 heterocycles. The number of hydrogen-bond donors (Lipinski definition) is 0. The molecule has 2 aromatic rings. The smallest absolute Gasteiger partial charge is 0.256 e. The van der Waals surface area contributed by atoms with E-state index in [9.17, 15) is 4.79 Å². The number of aromatic nitrogens is 1. The van der Waals surface area contributed by atoms with E-state index in [1.165, 1.54) is 0 Å². The molecule has 1 aromatic carbocycles. The Morgan fingerprint density at radius 3 is 2.67 bits per heavy atom. The molecule has 0 radical (unpaired) electrons. The second-order valence-electron chi connectivity index (χ2n) is 4.52. The van der Waals surface area contributed by atoms with E-state index in [-0.39, 0.29) is 0 Å². The fourth-order valence-electron chi connectivity index (χ4n) is 2.42. The Bertz CT molecular complexity index is 606. The molecule has 0 amide bonds. The Labute approximate surface area is 110 Å². The summed E-state index contributed by atoms with van der Waals surface area (Å²) in [5.41, 5.74) is 1.42. The number of rotatable bonds is 2. The number of fused-ring (bicyclic) bond motifs is 1. The van der Waals surface area contributed by atoms with Gasteiger partial charge in [-0.3, -0.25) is 4.79 Å². The molecule has 3 rings (SSSR count). The highest BCUT2D eigenvalue weighted by Crippen LogP contribution is 2.27. The van der Waals surface area contributed by atoms with Crippen LogP contribution in [-0.2, 0) is 0 Å². The van der Waals surface area contributed by atoms with Gasteiger partial charge in [0, 0.05) is 18.5 Å². The van der Waals surface area contributed by atoms with Gasteiger partial charge < -0.3 is 4.90 Å². The lowest BCUT2D eigenvalue weighted by Crippen LogP contribution is -2.21. The van der Waals surface area contributed by atoms with Crippen molar-refractivity contribution in [3.8, 4) is 0 Å². The number of nitrogens with zero attached hydrogens (tertiary/aromatic N) is 2. The summed E-state index contributed by atoms with van der Waals surface area (Å²) in [6, 6.07) is 9.62. The van der Waals surface area contributed by atoms with Crippen LogP contribution in [0.1, 0.15) is 23.2 Å². The van der Waals surface area contributed by atoms with E-state index in [2.05, 4.69) is 9.88 Å². The van der Waals surface area contributed by atoms with Gasteiger partial charge in [-0.1, -0.05) is 18.2 Å². The average molecular weight is 261 g/mol. The minimum atomic E-state index is -0.435. The van der Waals surface area contributed by atoms with Gasteiger partial charge in [-0.15, -0.1) is 0 Å². The van der Waals surface area contributed by atoms with Gasteiger partial charge in [0.25, 0.3) is 5.24 Å². The molecule has 0 aliphatic carbocycles. The molecule has 4 heteroatoms. The number of halogens is 1. The monoisotopic (exact) mass is 260 g/mol. The number of benzene rings is 1. The summed E-state index contributed by atoms with van der Waals surface area (Å²) in [6.07, 6.45) is 2.29. The number of carbonyl (C=O) groups excluding carboxylic acids is 1. The third-order valence-corrected chi connectivity index (χ3v) is 3.52. The summed E-state index contributed by atoms with van der Waals surface area (Å²) in [6.45, 7) is 1.89. The molecule has 1 saturated heterocycles. The molecule has 0 spiro atoms. The molecule has 1 aliphatic heterocycles.